The maximum atomic E-state index is 12.9. The zero-order valence-electron chi connectivity index (χ0n) is 15.5. The first-order valence-electron chi connectivity index (χ1n) is 8.76. The molecule has 0 aliphatic carbocycles. The molecule has 0 spiro atoms. The Kier molecular flexibility index (Phi) is 4.97. The second-order valence-electron chi connectivity index (χ2n) is 6.36. The van der Waals surface area contributed by atoms with Crippen molar-refractivity contribution in [2.45, 2.75) is 27.3 Å². The molecule has 0 radical (unpaired) electrons. The molecule has 134 valence electrons. The van der Waals surface area contributed by atoms with Gasteiger partial charge in [-0.25, -0.2) is 4.98 Å². The first-order valence-corrected chi connectivity index (χ1v) is 8.76. The third-order valence-corrected chi connectivity index (χ3v) is 4.96. The predicted octanol–water partition coefficient (Wildman–Crippen LogP) is 2.49. The summed E-state index contributed by atoms with van der Waals surface area (Å²) in [5.74, 6) is 1.83. The number of hydrogen-bond donors (Lipinski definition) is 0. The maximum absolute atomic E-state index is 12.9. The van der Waals surface area contributed by atoms with Crippen LogP contribution in [0.5, 0.6) is 5.75 Å². The van der Waals surface area contributed by atoms with Crippen molar-refractivity contribution in [2.75, 3.05) is 38.2 Å². The summed E-state index contributed by atoms with van der Waals surface area (Å²) in [6.45, 7) is 10.0. The Morgan fingerprint density at radius 3 is 2.52 bits per heavy atom. The Hall–Kier alpha value is -2.50. The van der Waals surface area contributed by atoms with Crippen molar-refractivity contribution in [3.05, 3.63) is 41.3 Å². The van der Waals surface area contributed by atoms with E-state index in [2.05, 4.69) is 28.3 Å². The van der Waals surface area contributed by atoms with Crippen molar-refractivity contribution in [3.8, 4) is 5.75 Å². The summed E-state index contributed by atoms with van der Waals surface area (Å²) in [6.07, 6.45) is 1.76. The second-order valence-corrected chi connectivity index (χ2v) is 6.36. The van der Waals surface area contributed by atoms with Gasteiger partial charge in [0.1, 0.15) is 11.6 Å². The van der Waals surface area contributed by atoms with Crippen molar-refractivity contribution in [2.24, 2.45) is 0 Å². The molecular weight excluding hydrogens is 316 g/mol. The van der Waals surface area contributed by atoms with Crippen molar-refractivity contribution in [3.63, 3.8) is 0 Å². The van der Waals surface area contributed by atoms with Crippen LogP contribution < -0.4 is 9.64 Å². The molecule has 1 aliphatic rings. The molecule has 0 aromatic carbocycles. The number of piperazine rings is 1. The highest BCUT2D eigenvalue weighted by atomic mass is 16.5. The number of ether oxygens (including phenoxy) is 1. The molecule has 3 rings (SSSR count). The molecule has 6 nitrogen and oxygen atoms in total. The van der Waals surface area contributed by atoms with E-state index in [-0.39, 0.29) is 5.91 Å². The van der Waals surface area contributed by atoms with Crippen LogP contribution in [0.4, 0.5) is 5.82 Å². The monoisotopic (exact) mass is 342 g/mol. The topological polar surface area (TPSA) is 50.6 Å². The first-order chi connectivity index (χ1) is 12.0. The van der Waals surface area contributed by atoms with Gasteiger partial charge in [-0.1, -0.05) is 0 Å². The SMILES string of the molecule is CCn1c(C)cc(C(=O)N2CCN(c3cc(OC)ccn3)CC2)c1C. The van der Waals surface area contributed by atoms with Crippen LogP contribution in [0, 0.1) is 13.8 Å². The van der Waals surface area contributed by atoms with Gasteiger partial charge in [0.05, 0.1) is 12.7 Å². The molecule has 25 heavy (non-hydrogen) atoms. The number of hydrogen-bond acceptors (Lipinski definition) is 4. The Bertz CT molecular complexity index is 761. The molecule has 0 bridgehead atoms. The summed E-state index contributed by atoms with van der Waals surface area (Å²) >= 11 is 0. The molecule has 1 fully saturated rings. The molecule has 2 aromatic rings. The lowest BCUT2D eigenvalue weighted by Crippen LogP contribution is -2.49. The molecule has 0 N–H and O–H groups in total. The number of pyridine rings is 1. The van der Waals surface area contributed by atoms with Gasteiger partial charge < -0.3 is 19.1 Å². The molecule has 0 unspecified atom stereocenters. The lowest BCUT2D eigenvalue weighted by molar-refractivity contribution is 0.0745. The average molecular weight is 342 g/mol. The summed E-state index contributed by atoms with van der Waals surface area (Å²) in [5, 5.41) is 0. The minimum absolute atomic E-state index is 0.131. The lowest BCUT2D eigenvalue weighted by Gasteiger charge is -2.35. The average Bonchev–Trinajstić information content (AvgIpc) is 2.94. The Morgan fingerprint density at radius 2 is 1.92 bits per heavy atom. The molecule has 2 aromatic heterocycles. The zero-order chi connectivity index (χ0) is 18.0. The van der Waals surface area contributed by atoms with Crippen LogP contribution in [0.15, 0.2) is 24.4 Å². The third-order valence-electron chi connectivity index (χ3n) is 4.96. The van der Waals surface area contributed by atoms with Gasteiger partial charge in [-0.05, 0) is 32.9 Å². The van der Waals surface area contributed by atoms with Crippen molar-refractivity contribution >= 4 is 11.7 Å². The van der Waals surface area contributed by atoms with Crippen LogP contribution in [0.3, 0.4) is 0 Å². The standard InChI is InChI=1S/C19H26N4O2/c1-5-23-14(2)12-17(15(23)3)19(24)22-10-8-21(9-11-22)18-13-16(25-4)6-7-20-18/h6-7,12-13H,5,8-11H2,1-4H3. The van der Waals surface area contributed by atoms with E-state index in [9.17, 15) is 4.79 Å². The third kappa shape index (κ3) is 3.34. The summed E-state index contributed by atoms with van der Waals surface area (Å²) in [6, 6.07) is 5.79. The van der Waals surface area contributed by atoms with Gasteiger partial charge in [0.15, 0.2) is 0 Å². The quantitative estimate of drug-likeness (QED) is 0.857. The molecule has 1 amide bonds. The molecule has 0 atom stereocenters. The smallest absolute Gasteiger partial charge is 0.255 e. The van der Waals surface area contributed by atoms with Crippen LogP contribution >= 0.6 is 0 Å². The summed E-state index contributed by atoms with van der Waals surface area (Å²) in [7, 11) is 1.66. The van der Waals surface area contributed by atoms with Gasteiger partial charge in [-0.3, -0.25) is 4.79 Å². The van der Waals surface area contributed by atoms with Crippen LogP contribution in [0.25, 0.3) is 0 Å². The fourth-order valence-electron chi connectivity index (χ4n) is 3.51. The van der Waals surface area contributed by atoms with E-state index in [0.29, 0.717) is 13.1 Å². The fourth-order valence-corrected chi connectivity index (χ4v) is 3.51. The number of aryl methyl sites for hydroxylation is 1. The molecule has 1 saturated heterocycles. The van der Waals surface area contributed by atoms with Crippen LogP contribution in [-0.2, 0) is 6.54 Å². The summed E-state index contributed by atoms with van der Waals surface area (Å²) in [5.41, 5.74) is 3.02. The lowest BCUT2D eigenvalue weighted by atomic mass is 10.2. The van der Waals surface area contributed by atoms with E-state index in [1.54, 1.807) is 13.3 Å². The van der Waals surface area contributed by atoms with Gasteiger partial charge in [-0.15, -0.1) is 0 Å². The number of methoxy groups -OCH3 is 1. The number of carbonyl (C=O) groups excluding carboxylic acids is 1. The molecule has 1 aliphatic heterocycles. The van der Waals surface area contributed by atoms with Gasteiger partial charge in [-0.2, -0.15) is 0 Å². The van der Waals surface area contributed by atoms with Crippen LogP contribution in [0.2, 0.25) is 0 Å². The predicted molar refractivity (Wildman–Crippen MR) is 98.5 cm³/mol. The number of carbonyl (C=O) groups is 1. The second kappa shape index (κ2) is 7.17. The van der Waals surface area contributed by atoms with E-state index in [1.165, 1.54) is 0 Å². The van der Waals surface area contributed by atoms with E-state index >= 15 is 0 Å². The Morgan fingerprint density at radius 1 is 1.20 bits per heavy atom. The summed E-state index contributed by atoms with van der Waals surface area (Å²) < 4.78 is 7.45. The van der Waals surface area contributed by atoms with Crippen molar-refractivity contribution < 1.29 is 9.53 Å². The van der Waals surface area contributed by atoms with Gasteiger partial charge in [0, 0.05) is 56.4 Å². The Labute approximate surface area is 149 Å². The van der Waals surface area contributed by atoms with Gasteiger partial charge in [0.2, 0.25) is 0 Å². The minimum atomic E-state index is 0.131. The number of nitrogens with zero attached hydrogens (tertiary/aromatic N) is 4. The normalized spacial score (nSPS) is 14.7. The largest absolute Gasteiger partial charge is 0.497 e. The molecular formula is C19H26N4O2. The first kappa shape index (κ1) is 17.3. The number of aromatic nitrogens is 2. The van der Waals surface area contributed by atoms with E-state index in [1.807, 2.05) is 30.0 Å². The molecule has 6 heteroatoms. The van der Waals surface area contributed by atoms with Crippen LogP contribution in [-0.4, -0.2) is 53.6 Å². The fraction of sp³-hybridized carbons (Fsp3) is 0.474. The van der Waals surface area contributed by atoms with Gasteiger partial charge in [0.25, 0.3) is 5.91 Å². The molecule has 3 heterocycles. The van der Waals surface area contributed by atoms with E-state index in [0.717, 1.165) is 48.2 Å². The maximum Gasteiger partial charge on any atom is 0.255 e. The number of anilines is 1. The van der Waals surface area contributed by atoms with Crippen molar-refractivity contribution in [1.29, 1.82) is 0 Å². The van der Waals surface area contributed by atoms with Gasteiger partial charge >= 0.3 is 0 Å². The van der Waals surface area contributed by atoms with Crippen molar-refractivity contribution in [1.82, 2.24) is 14.5 Å². The zero-order valence-corrected chi connectivity index (χ0v) is 15.5. The number of amides is 1. The van der Waals surface area contributed by atoms with E-state index < -0.39 is 0 Å². The highest BCUT2D eigenvalue weighted by Crippen LogP contribution is 2.21. The highest BCUT2D eigenvalue weighted by Gasteiger charge is 2.25. The Balaban J connectivity index is 1.68. The number of rotatable bonds is 4. The minimum Gasteiger partial charge on any atom is -0.497 e. The summed E-state index contributed by atoms with van der Waals surface area (Å²) in [4.78, 5) is 21.5. The molecule has 0 saturated carbocycles. The highest BCUT2D eigenvalue weighted by molar-refractivity contribution is 5.96. The van der Waals surface area contributed by atoms with Crippen LogP contribution in [0.1, 0.15) is 28.7 Å². The van der Waals surface area contributed by atoms with E-state index in [4.69, 9.17) is 4.74 Å².